The predicted molar refractivity (Wildman–Crippen MR) is 106 cm³/mol. The molecule has 1 atom stereocenters. The van der Waals surface area contributed by atoms with Gasteiger partial charge in [-0.15, -0.1) is 5.10 Å². The Kier molecular flexibility index (Phi) is 6.29. The van der Waals surface area contributed by atoms with Crippen LogP contribution in [0.25, 0.3) is 5.69 Å². The zero-order valence-corrected chi connectivity index (χ0v) is 17.2. The van der Waals surface area contributed by atoms with Gasteiger partial charge in [-0.3, -0.25) is 14.9 Å². The molecular formula is C18H17BrN6O4. The Labute approximate surface area is 174 Å². The third-order valence-electron chi connectivity index (χ3n) is 4.28. The van der Waals surface area contributed by atoms with Crippen molar-refractivity contribution in [3.63, 3.8) is 0 Å². The van der Waals surface area contributed by atoms with Gasteiger partial charge in [-0.25, -0.2) is 0 Å². The highest BCUT2D eigenvalue weighted by molar-refractivity contribution is 9.10. The van der Waals surface area contributed by atoms with Gasteiger partial charge >= 0.3 is 0 Å². The van der Waals surface area contributed by atoms with Crippen LogP contribution < -0.4 is 0 Å². The number of hydrogen-bond donors (Lipinski definition) is 0. The summed E-state index contributed by atoms with van der Waals surface area (Å²) in [6.45, 7) is -0.125. The lowest BCUT2D eigenvalue weighted by Gasteiger charge is -2.27. The third-order valence-corrected chi connectivity index (χ3v) is 4.81. The largest absolute Gasteiger partial charge is 0.375 e. The molecule has 0 fully saturated rings. The molecule has 0 aliphatic heterocycles. The number of non-ortho nitro benzene ring substituents is 1. The van der Waals surface area contributed by atoms with Crippen molar-refractivity contribution >= 4 is 27.5 Å². The van der Waals surface area contributed by atoms with Crippen LogP contribution in [0.3, 0.4) is 0 Å². The molecule has 0 N–H and O–H groups in total. The van der Waals surface area contributed by atoms with Gasteiger partial charge in [-0.1, -0.05) is 15.9 Å². The van der Waals surface area contributed by atoms with Crippen molar-refractivity contribution in [1.82, 2.24) is 25.1 Å². The van der Waals surface area contributed by atoms with Crippen molar-refractivity contribution in [2.75, 3.05) is 20.8 Å². The van der Waals surface area contributed by atoms with Crippen LogP contribution in [0.5, 0.6) is 0 Å². The molecule has 0 spiro atoms. The molecule has 0 unspecified atom stereocenters. The average Bonchev–Trinajstić information content (AvgIpc) is 3.18. The average molecular weight is 461 g/mol. The molecule has 10 nitrogen and oxygen atoms in total. The smallest absolute Gasteiger partial charge is 0.269 e. The summed E-state index contributed by atoms with van der Waals surface area (Å²) in [5.41, 5.74) is 1.27. The predicted octanol–water partition coefficient (Wildman–Crippen LogP) is 2.53. The van der Waals surface area contributed by atoms with E-state index in [1.165, 1.54) is 28.8 Å². The Hall–Kier alpha value is -3.18. The van der Waals surface area contributed by atoms with Crippen molar-refractivity contribution in [2.45, 2.75) is 6.04 Å². The number of rotatable bonds is 7. The van der Waals surface area contributed by atoms with E-state index in [0.29, 0.717) is 17.1 Å². The molecule has 1 amide bonds. The molecule has 3 aromatic rings. The van der Waals surface area contributed by atoms with Gasteiger partial charge in [0.1, 0.15) is 12.6 Å². The van der Waals surface area contributed by atoms with Crippen LogP contribution in [0, 0.1) is 10.1 Å². The highest BCUT2D eigenvalue weighted by Crippen LogP contribution is 2.29. The number of hydrogen-bond acceptors (Lipinski definition) is 7. The fraction of sp³-hybridized carbons (Fsp3) is 0.222. The number of nitrogens with zero attached hydrogens (tertiary/aromatic N) is 6. The van der Waals surface area contributed by atoms with Gasteiger partial charge in [0.2, 0.25) is 5.91 Å². The molecule has 11 heteroatoms. The molecule has 150 valence electrons. The molecule has 0 saturated carbocycles. The summed E-state index contributed by atoms with van der Waals surface area (Å²) >= 11 is 3.39. The van der Waals surface area contributed by atoms with Gasteiger partial charge in [0, 0.05) is 30.8 Å². The van der Waals surface area contributed by atoms with Crippen molar-refractivity contribution in [3.05, 3.63) is 74.5 Å². The number of amides is 1. The minimum Gasteiger partial charge on any atom is -0.375 e. The first-order valence-electron chi connectivity index (χ1n) is 8.45. The van der Waals surface area contributed by atoms with E-state index in [4.69, 9.17) is 4.74 Å². The lowest BCUT2D eigenvalue weighted by Crippen LogP contribution is -2.35. The van der Waals surface area contributed by atoms with Gasteiger partial charge in [-0.2, -0.15) is 4.68 Å². The summed E-state index contributed by atoms with van der Waals surface area (Å²) in [7, 11) is 3.03. The van der Waals surface area contributed by atoms with Crippen molar-refractivity contribution in [3.8, 4) is 5.69 Å². The van der Waals surface area contributed by atoms with E-state index in [1.54, 1.807) is 19.2 Å². The number of carbonyl (C=O) groups is 1. The van der Waals surface area contributed by atoms with E-state index in [0.717, 1.165) is 4.47 Å². The number of ether oxygens (including phenoxy) is 1. The van der Waals surface area contributed by atoms with Crippen LogP contribution in [0.1, 0.15) is 17.4 Å². The SMILES string of the molecule is COCC(=O)N(C)[C@H](c1ccc([N+](=O)[O-])cc1)c1nnnn1-c1ccc(Br)cc1. The number of carbonyl (C=O) groups excluding carboxylic acids is 1. The molecule has 1 aromatic heterocycles. The normalized spacial score (nSPS) is 11.8. The monoisotopic (exact) mass is 460 g/mol. The first-order chi connectivity index (χ1) is 13.9. The van der Waals surface area contributed by atoms with E-state index in [-0.39, 0.29) is 18.2 Å². The summed E-state index contributed by atoms with van der Waals surface area (Å²) in [4.78, 5) is 24.5. The number of tetrazole rings is 1. The van der Waals surface area contributed by atoms with Gasteiger partial charge in [0.15, 0.2) is 5.82 Å². The van der Waals surface area contributed by atoms with Crippen LogP contribution in [0.15, 0.2) is 53.0 Å². The molecule has 0 radical (unpaired) electrons. The second-order valence-corrected chi connectivity index (χ2v) is 7.03. The van der Waals surface area contributed by atoms with Gasteiger partial charge < -0.3 is 9.64 Å². The van der Waals surface area contributed by atoms with Crippen LogP contribution in [0.2, 0.25) is 0 Å². The number of nitro groups is 1. The number of nitro benzene ring substituents is 1. The maximum absolute atomic E-state index is 12.5. The van der Waals surface area contributed by atoms with Gasteiger partial charge in [0.05, 0.1) is 10.6 Å². The number of halogens is 1. The van der Waals surface area contributed by atoms with Gasteiger partial charge in [-0.05, 0) is 52.4 Å². The summed E-state index contributed by atoms with van der Waals surface area (Å²) in [5.74, 6) is 0.0920. The number of methoxy groups -OCH3 is 1. The van der Waals surface area contributed by atoms with E-state index in [9.17, 15) is 14.9 Å². The van der Waals surface area contributed by atoms with E-state index in [1.807, 2.05) is 24.3 Å². The van der Waals surface area contributed by atoms with Crippen molar-refractivity contribution < 1.29 is 14.5 Å². The summed E-state index contributed by atoms with van der Waals surface area (Å²) in [6.07, 6.45) is 0. The fourth-order valence-corrected chi connectivity index (χ4v) is 3.09. The quantitative estimate of drug-likeness (QED) is 0.392. The summed E-state index contributed by atoms with van der Waals surface area (Å²) in [6, 6.07) is 12.6. The second-order valence-electron chi connectivity index (χ2n) is 6.11. The molecule has 1 heterocycles. The van der Waals surface area contributed by atoms with Crippen molar-refractivity contribution in [1.29, 1.82) is 0 Å². The maximum Gasteiger partial charge on any atom is 0.269 e. The number of likely N-dealkylation sites (N-methyl/N-ethyl adjacent to an activating group) is 1. The Morgan fingerprint density at radius 3 is 2.48 bits per heavy atom. The van der Waals surface area contributed by atoms with Crippen LogP contribution in [-0.2, 0) is 9.53 Å². The summed E-state index contributed by atoms with van der Waals surface area (Å²) in [5, 5.41) is 23.0. The topological polar surface area (TPSA) is 116 Å². The molecule has 2 aromatic carbocycles. The molecule has 0 aliphatic carbocycles. The summed E-state index contributed by atoms with van der Waals surface area (Å²) < 4.78 is 7.38. The Balaban J connectivity index is 2.09. The van der Waals surface area contributed by atoms with Crippen molar-refractivity contribution in [2.24, 2.45) is 0 Å². The fourth-order valence-electron chi connectivity index (χ4n) is 2.82. The number of aromatic nitrogens is 4. The minimum absolute atomic E-state index is 0.0501. The highest BCUT2D eigenvalue weighted by atomic mass is 79.9. The Morgan fingerprint density at radius 1 is 1.24 bits per heavy atom. The Bertz CT molecular complexity index is 1010. The standard InChI is InChI=1S/C18H17BrN6O4/c1-23(16(26)11-29-2)17(12-3-7-15(8-4-12)25(27)28)18-20-21-22-24(18)14-9-5-13(19)6-10-14/h3-10,17H,11H2,1-2H3/t17-/m1/s1. The molecule has 29 heavy (non-hydrogen) atoms. The molecule has 0 saturated heterocycles. The highest BCUT2D eigenvalue weighted by Gasteiger charge is 2.29. The van der Waals surface area contributed by atoms with E-state index >= 15 is 0 Å². The molecular weight excluding hydrogens is 444 g/mol. The zero-order chi connectivity index (χ0) is 21.0. The van der Waals surface area contributed by atoms with E-state index < -0.39 is 11.0 Å². The van der Waals surface area contributed by atoms with E-state index in [2.05, 4.69) is 31.5 Å². The van der Waals surface area contributed by atoms with Gasteiger partial charge in [0.25, 0.3) is 5.69 Å². The lowest BCUT2D eigenvalue weighted by atomic mass is 10.0. The third kappa shape index (κ3) is 4.46. The minimum atomic E-state index is -0.683. The molecule has 0 aliphatic rings. The van der Waals surface area contributed by atoms with Crippen LogP contribution >= 0.6 is 15.9 Å². The first-order valence-corrected chi connectivity index (χ1v) is 9.25. The Morgan fingerprint density at radius 2 is 1.90 bits per heavy atom. The maximum atomic E-state index is 12.5. The molecule has 3 rings (SSSR count). The first kappa shape index (κ1) is 20.6. The lowest BCUT2D eigenvalue weighted by molar-refractivity contribution is -0.384. The van der Waals surface area contributed by atoms with Crippen LogP contribution in [-0.4, -0.2) is 56.7 Å². The van der Waals surface area contributed by atoms with Crippen LogP contribution in [0.4, 0.5) is 5.69 Å². The molecule has 0 bridgehead atoms. The second kappa shape index (κ2) is 8.88. The zero-order valence-electron chi connectivity index (χ0n) is 15.6. The number of benzene rings is 2.